The average molecular weight is 247 g/mol. The van der Waals surface area contributed by atoms with Gasteiger partial charge in [-0.2, -0.15) is 5.26 Å². The molecule has 0 aliphatic carbocycles. The lowest BCUT2D eigenvalue weighted by molar-refractivity contribution is -0.115. The van der Waals surface area contributed by atoms with Crippen molar-refractivity contribution in [3.8, 4) is 6.07 Å². The van der Waals surface area contributed by atoms with E-state index in [9.17, 15) is 9.50 Å². The van der Waals surface area contributed by atoms with E-state index in [4.69, 9.17) is 10.00 Å². The van der Waals surface area contributed by atoms with Crippen LogP contribution in [0.3, 0.4) is 0 Å². The van der Waals surface area contributed by atoms with Crippen molar-refractivity contribution in [2.45, 2.75) is 43.5 Å². The maximum atomic E-state index is 13.5. The van der Waals surface area contributed by atoms with Crippen molar-refractivity contribution >= 4 is 0 Å². The molecule has 2 bridgehead atoms. The van der Waals surface area contributed by atoms with E-state index in [1.165, 1.54) is 12.1 Å². The topological polar surface area (TPSA) is 53.2 Å². The summed E-state index contributed by atoms with van der Waals surface area (Å²) in [6, 6.07) is 6.00. The number of benzene rings is 1. The predicted octanol–water partition coefficient (Wildman–Crippen LogP) is 2.23. The predicted molar refractivity (Wildman–Crippen MR) is 62.1 cm³/mol. The van der Waals surface area contributed by atoms with Gasteiger partial charge in [-0.05, 0) is 36.6 Å². The highest BCUT2D eigenvalue weighted by atomic mass is 19.1. The summed E-state index contributed by atoms with van der Waals surface area (Å²) in [5, 5.41) is 19.6. The fraction of sp³-hybridized carbons (Fsp3) is 0.500. The summed E-state index contributed by atoms with van der Waals surface area (Å²) in [4.78, 5) is 0. The van der Waals surface area contributed by atoms with Crippen LogP contribution in [0.4, 0.5) is 4.39 Å². The van der Waals surface area contributed by atoms with Gasteiger partial charge in [0.05, 0.1) is 29.4 Å². The van der Waals surface area contributed by atoms with E-state index < -0.39 is 11.4 Å². The lowest BCUT2D eigenvalue weighted by Crippen LogP contribution is -2.38. The minimum Gasteiger partial charge on any atom is -0.385 e. The molecule has 0 aromatic heterocycles. The van der Waals surface area contributed by atoms with Crippen molar-refractivity contribution in [2.75, 3.05) is 0 Å². The zero-order valence-corrected chi connectivity index (χ0v) is 9.90. The Bertz CT molecular complexity index is 511. The summed E-state index contributed by atoms with van der Waals surface area (Å²) in [6.07, 6.45) is 2.99. The Labute approximate surface area is 105 Å². The van der Waals surface area contributed by atoms with Gasteiger partial charge in [-0.15, -0.1) is 0 Å². The highest BCUT2D eigenvalue weighted by Crippen LogP contribution is 2.44. The number of rotatable bonds is 1. The zero-order chi connectivity index (χ0) is 12.8. The lowest BCUT2D eigenvalue weighted by atomic mass is 9.83. The summed E-state index contributed by atoms with van der Waals surface area (Å²) in [5.74, 6) is -0.476. The van der Waals surface area contributed by atoms with Gasteiger partial charge in [0.25, 0.3) is 0 Å². The summed E-state index contributed by atoms with van der Waals surface area (Å²) in [5.41, 5.74) is -0.311. The Morgan fingerprint density at radius 3 is 2.56 bits per heavy atom. The van der Waals surface area contributed by atoms with Gasteiger partial charge in [-0.3, -0.25) is 0 Å². The SMILES string of the molecule is N#Cc1cc(F)cc(C2(O)CC3CCC(C2)O3)c1. The monoisotopic (exact) mass is 247 g/mol. The normalized spacial score (nSPS) is 34.3. The first kappa shape index (κ1) is 11.6. The first-order valence-corrected chi connectivity index (χ1v) is 6.18. The molecule has 1 aromatic carbocycles. The van der Waals surface area contributed by atoms with Crippen LogP contribution < -0.4 is 0 Å². The molecule has 2 heterocycles. The molecule has 0 amide bonds. The molecule has 2 saturated heterocycles. The van der Waals surface area contributed by atoms with Gasteiger partial charge in [-0.1, -0.05) is 0 Å². The molecule has 3 rings (SSSR count). The second-order valence-corrected chi connectivity index (χ2v) is 5.24. The highest BCUT2D eigenvalue weighted by molar-refractivity contribution is 5.36. The minimum atomic E-state index is -1.06. The summed E-state index contributed by atoms with van der Waals surface area (Å²) >= 11 is 0. The van der Waals surface area contributed by atoms with Crippen LogP contribution in [-0.4, -0.2) is 17.3 Å². The maximum Gasteiger partial charge on any atom is 0.124 e. The Hall–Kier alpha value is -1.44. The van der Waals surface area contributed by atoms with E-state index >= 15 is 0 Å². The quantitative estimate of drug-likeness (QED) is 0.828. The van der Waals surface area contributed by atoms with Crippen molar-refractivity contribution < 1.29 is 14.2 Å². The molecule has 18 heavy (non-hydrogen) atoms. The first-order valence-electron chi connectivity index (χ1n) is 6.18. The largest absolute Gasteiger partial charge is 0.385 e. The molecule has 4 heteroatoms. The van der Waals surface area contributed by atoms with Crippen LogP contribution in [-0.2, 0) is 10.3 Å². The first-order chi connectivity index (χ1) is 8.59. The number of ether oxygens (including phenoxy) is 1. The molecule has 2 atom stereocenters. The Kier molecular flexibility index (Phi) is 2.61. The molecule has 2 aliphatic rings. The van der Waals surface area contributed by atoms with Gasteiger partial charge in [0.1, 0.15) is 5.82 Å². The fourth-order valence-electron chi connectivity index (χ4n) is 3.08. The van der Waals surface area contributed by atoms with Crippen LogP contribution in [0, 0.1) is 17.1 Å². The maximum absolute atomic E-state index is 13.5. The van der Waals surface area contributed by atoms with Gasteiger partial charge in [0.15, 0.2) is 0 Å². The van der Waals surface area contributed by atoms with E-state index in [2.05, 4.69) is 0 Å². The smallest absolute Gasteiger partial charge is 0.124 e. The molecular formula is C14H14FNO2. The molecule has 3 nitrogen and oxygen atoms in total. The Morgan fingerprint density at radius 2 is 1.94 bits per heavy atom. The van der Waals surface area contributed by atoms with Crippen LogP contribution >= 0.6 is 0 Å². The van der Waals surface area contributed by atoms with Crippen LogP contribution in [0.25, 0.3) is 0 Å². The molecule has 1 N–H and O–H groups in total. The summed E-state index contributed by atoms with van der Waals surface area (Å²) in [7, 11) is 0. The summed E-state index contributed by atoms with van der Waals surface area (Å²) < 4.78 is 19.1. The minimum absolute atomic E-state index is 0.0579. The Balaban J connectivity index is 1.99. The molecule has 1 aromatic rings. The van der Waals surface area contributed by atoms with Crippen LogP contribution in [0.1, 0.15) is 36.8 Å². The molecule has 94 valence electrons. The van der Waals surface area contributed by atoms with Crippen molar-refractivity contribution in [2.24, 2.45) is 0 Å². The number of nitrogens with zero attached hydrogens (tertiary/aromatic N) is 1. The Morgan fingerprint density at radius 1 is 1.28 bits per heavy atom. The zero-order valence-electron chi connectivity index (χ0n) is 9.90. The van der Waals surface area contributed by atoms with E-state index in [1.54, 1.807) is 6.07 Å². The number of hydrogen-bond acceptors (Lipinski definition) is 3. The van der Waals surface area contributed by atoms with Gasteiger partial charge < -0.3 is 9.84 Å². The van der Waals surface area contributed by atoms with Gasteiger partial charge >= 0.3 is 0 Å². The lowest BCUT2D eigenvalue weighted by Gasteiger charge is -2.36. The number of fused-ring (bicyclic) bond motifs is 2. The van der Waals surface area contributed by atoms with Crippen LogP contribution in [0.2, 0.25) is 0 Å². The molecule has 2 aliphatic heterocycles. The third-order valence-electron chi connectivity index (χ3n) is 3.89. The van der Waals surface area contributed by atoms with E-state index in [0.717, 1.165) is 12.8 Å². The van der Waals surface area contributed by atoms with Crippen molar-refractivity contribution in [3.63, 3.8) is 0 Å². The number of hydrogen-bond donors (Lipinski definition) is 1. The number of halogens is 1. The van der Waals surface area contributed by atoms with Gasteiger partial charge in [0, 0.05) is 12.8 Å². The molecule has 0 radical (unpaired) electrons. The van der Waals surface area contributed by atoms with Crippen molar-refractivity contribution in [1.82, 2.24) is 0 Å². The average Bonchev–Trinajstić information content (AvgIpc) is 2.68. The standard InChI is InChI=1S/C14H14FNO2/c15-11-4-9(8-16)3-10(5-11)14(17)6-12-1-2-13(7-14)18-12/h3-5,12-13,17H,1-2,6-7H2. The van der Waals surface area contributed by atoms with Crippen LogP contribution in [0.5, 0.6) is 0 Å². The van der Waals surface area contributed by atoms with Crippen LogP contribution in [0.15, 0.2) is 18.2 Å². The van der Waals surface area contributed by atoms with Gasteiger partial charge in [0.2, 0.25) is 0 Å². The molecule has 0 saturated carbocycles. The second kappa shape index (κ2) is 4.04. The highest BCUT2D eigenvalue weighted by Gasteiger charge is 2.44. The van der Waals surface area contributed by atoms with E-state index in [-0.39, 0.29) is 17.8 Å². The molecule has 0 spiro atoms. The summed E-state index contributed by atoms with van der Waals surface area (Å²) in [6.45, 7) is 0. The van der Waals surface area contributed by atoms with Crippen molar-refractivity contribution in [3.05, 3.63) is 35.1 Å². The number of nitriles is 1. The van der Waals surface area contributed by atoms with E-state index in [1.807, 2.05) is 6.07 Å². The molecular weight excluding hydrogens is 233 g/mol. The third-order valence-corrected chi connectivity index (χ3v) is 3.89. The second-order valence-electron chi connectivity index (χ2n) is 5.24. The van der Waals surface area contributed by atoms with E-state index in [0.29, 0.717) is 18.4 Å². The van der Waals surface area contributed by atoms with Gasteiger partial charge in [-0.25, -0.2) is 4.39 Å². The number of aliphatic hydroxyl groups is 1. The molecule has 2 unspecified atom stereocenters. The van der Waals surface area contributed by atoms with Crippen molar-refractivity contribution in [1.29, 1.82) is 5.26 Å². The molecule has 2 fully saturated rings. The third kappa shape index (κ3) is 1.90. The fourth-order valence-corrected chi connectivity index (χ4v) is 3.08.